The van der Waals surface area contributed by atoms with Crippen molar-refractivity contribution in [2.45, 2.75) is 38.9 Å². The van der Waals surface area contributed by atoms with Gasteiger partial charge in [0.05, 0.1) is 17.5 Å². The molecule has 9 heteroatoms. The summed E-state index contributed by atoms with van der Waals surface area (Å²) >= 11 is 0. The molecule has 24 heavy (non-hydrogen) atoms. The average Bonchev–Trinajstić information content (AvgIpc) is 2.45. The van der Waals surface area contributed by atoms with Crippen LogP contribution in [-0.2, 0) is 21.0 Å². The zero-order chi connectivity index (χ0) is 18.5. The second-order valence-corrected chi connectivity index (χ2v) is 7.41. The van der Waals surface area contributed by atoms with E-state index in [9.17, 15) is 26.4 Å². The molecule has 0 bridgehead atoms. The molecule has 0 aliphatic rings. The Labute approximate surface area is 139 Å². The summed E-state index contributed by atoms with van der Waals surface area (Å²) in [6, 6.07) is 3.75. The molecule has 1 aromatic rings. The maximum atomic E-state index is 12.6. The molecule has 1 amide bonds. The van der Waals surface area contributed by atoms with Gasteiger partial charge in [-0.3, -0.25) is 9.10 Å². The quantitative estimate of drug-likeness (QED) is 0.807. The van der Waals surface area contributed by atoms with E-state index in [4.69, 9.17) is 0 Å². The van der Waals surface area contributed by atoms with Crippen molar-refractivity contribution in [3.05, 3.63) is 29.8 Å². The van der Waals surface area contributed by atoms with E-state index in [1.165, 1.54) is 0 Å². The molecule has 1 aromatic carbocycles. The van der Waals surface area contributed by atoms with Crippen LogP contribution in [0.2, 0.25) is 0 Å². The Morgan fingerprint density at radius 3 is 2.21 bits per heavy atom. The number of anilines is 1. The summed E-state index contributed by atoms with van der Waals surface area (Å²) in [7, 11) is -3.72. The molecule has 0 aromatic heterocycles. The molecular formula is C15H21F3N2O3S. The number of benzene rings is 1. The van der Waals surface area contributed by atoms with Crippen molar-refractivity contribution in [2.75, 3.05) is 17.1 Å². The van der Waals surface area contributed by atoms with Crippen LogP contribution in [0.4, 0.5) is 18.9 Å². The van der Waals surface area contributed by atoms with Crippen LogP contribution in [0, 0.1) is 0 Å². The predicted octanol–water partition coefficient (Wildman–Crippen LogP) is 2.78. The first-order chi connectivity index (χ1) is 10.9. The van der Waals surface area contributed by atoms with Crippen LogP contribution in [0.1, 0.15) is 32.3 Å². The maximum absolute atomic E-state index is 12.6. The van der Waals surface area contributed by atoms with Crippen molar-refractivity contribution in [2.24, 2.45) is 0 Å². The van der Waals surface area contributed by atoms with Gasteiger partial charge in [-0.2, -0.15) is 13.2 Å². The SMILES string of the molecule is CCC(C)NC(=O)CCN(c1ccc(C(F)(F)F)cc1)S(C)(=O)=O. The molecule has 0 aliphatic carbocycles. The Hall–Kier alpha value is -1.77. The third kappa shape index (κ3) is 6.03. The maximum Gasteiger partial charge on any atom is 0.416 e. The highest BCUT2D eigenvalue weighted by Crippen LogP contribution is 2.31. The number of carbonyl (C=O) groups excluding carboxylic acids is 1. The number of nitrogens with zero attached hydrogens (tertiary/aromatic N) is 1. The second kappa shape index (κ2) is 7.87. The van der Waals surface area contributed by atoms with Crippen molar-refractivity contribution >= 4 is 21.6 Å². The summed E-state index contributed by atoms with van der Waals surface area (Å²) in [5.41, 5.74) is -0.781. The number of carbonyl (C=O) groups is 1. The molecule has 136 valence electrons. The monoisotopic (exact) mass is 366 g/mol. The molecule has 0 spiro atoms. The van der Waals surface area contributed by atoms with Gasteiger partial charge in [-0.1, -0.05) is 6.92 Å². The van der Waals surface area contributed by atoms with Gasteiger partial charge in [0.2, 0.25) is 15.9 Å². The summed E-state index contributed by atoms with van der Waals surface area (Å²) in [4.78, 5) is 11.8. The molecule has 0 fully saturated rings. The fourth-order valence-corrected chi connectivity index (χ4v) is 2.88. The number of nitrogens with one attached hydrogen (secondary N) is 1. The molecule has 5 nitrogen and oxygen atoms in total. The van der Waals surface area contributed by atoms with Crippen LogP contribution < -0.4 is 9.62 Å². The molecule has 1 N–H and O–H groups in total. The van der Waals surface area contributed by atoms with Gasteiger partial charge < -0.3 is 5.32 Å². The summed E-state index contributed by atoms with van der Waals surface area (Å²) in [5, 5.41) is 2.71. The lowest BCUT2D eigenvalue weighted by Crippen LogP contribution is -2.37. The van der Waals surface area contributed by atoms with Crippen LogP contribution >= 0.6 is 0 Å². The van der Waals surface area contributed by atoms with Gasteiger partial charge in [0.15, 0.2) is 0 Å². The number of amides is 1. The average molecular weight is 366 g/mol. The summed E-state index contributed by atoms with van der Waals surface area (Å²) in [6.45, 7) is 3.57. The normalized spacial score (nSPS) is 13.4. The number of alkyl halides is 3. The molecule has 0 heterocycles. The Morgan fingerprint density at radius 1 is 1.25 bits per heavy atom. The zero-order valence-electron chi connectivity index (χ0n) is 13.7. The Bertz CT molecular complexity index is 658. The summed E-state index contributed by atoms with van der Waals surface area (Å²) in [6.07, 6.45) is -2.90. The third-order valence-electron chi connectivity index (χ3n) is 3.44. The van der Waals surface area contributed by atoms with Crippen LogP contribution in [0.25, 0.3) is 0 Å². The highest BCUT2D eigenvalue weighted by molar-refractivity contribution is 7.92. The number of sulfonamides is 1. The second-order valence-electron chi connectivity index (χ2n) is 5.51. The van der Waals surface area contributed by atoms with Gasteiger partial charge >= 0.3 is 6.18 Å². The van der Waals surface area contributed by atoms with Crippen LogP contribution in [0.3, 0.4) is 0 Å². The first kappa shape index (κ1) is 20.3. The molecule has 1 rings (SSSR count). The lowest BCUT2D eigenvalue weighted by molar-refractivity contribution is -0.137. The fourth-order valence-electron chi connectivity index (χ4n) is 1.96. The van der Waals surface area contributed by atoms with Gasteiger partial charge in [0.1, 0.15) is 0 Å². The van der Waals surface area contributed by atoms with E-state index in [1.807, 2.05) is 13.8 Å². The van der Waals surface area contributed by atoms with Gasteiger partial charge in [-0.05, 0) is 37.6 Å². The van der Waals surface area contributed by atoms with Gasteiger partial charge in [-0.15, -0.1) is 0 Å². The van der Waals surface area contributed by atoms with Crippen molar-refractivity contribution in [1.82, 2.24) is 5.32 Å². The minimum Gasteiger partial charge on any atom is -0.354 e. The molecule has 0 radical (unpaired) electrons. The fraction of sp³-hybridized carbons (Fsp3) is 0.533. The smallest absolute Gasteiger partial charge is 0.354 e. The van der Waals surface area contributed by atoms with E-state index >= 15 is 0 Å². The predicted molar refractivity (Wildman–Crippen MR) is 86.1 cm³/mol. The number of rotatable bonds is 7. The molecule has 0 saturated carbocycles. The minimum absolute atomic E-state index is 0.0322. The van der Waals surface area contributed by atoms with Crippen molar-refractivity contribution in [3.63, 3.8) is 0 Å². The lowest BCUT2D eigenvalue weighted by Gasteiger charge is -2.23. The van der Waals surface area contributed by atoms with Crippen molar-refractivity contribution in [1.29, 1.82) is 0 Å². The number of hydrogen-bond acceptors (Lipinski definition) is 3. The van der Waals surface area contributed by atoms with Crippen molar-refractivity contribution < 1.29 is 26.4 Å². The van der Waals surface area contributed by atoms with E-state index in [2.05, 4.69) is 5.32 Å². The molecule has 1 atom stereocenters. The van der Waals surface area contributed by atoms with E-state index in [1.54, 1.807) is 0 Å². The summed E-state index contributed by atoms with van der Waals surface area (Å²) in [5.74, 6) is -0.315. The zero-order valence-corrected chi connectivity index (χ0v) is 14.5. The minimum atomic E-state index is -4.50. The van der Waals surface area contributed by atoms with E-state index < -0.39 is 21.8 Å². The highest BCUT2D eigenvalue weighted by atomic mass is 32.2. The topological polar surface area (TPSA) is 66.5 Å². The first-order valence-corrected chi connectivity index (χ1v) is 9.24. The van der Waals surface area contributed by atoms with Crippen molar-refractivity contribution in [3.8, 4) is 0 Å². The van der Waals surface area contributed by atoms with Crippen LogP contribution in [0.5, 0.6) is 0 Å². The highest BCUT2D eigenvalue weighted by Gasteiger charge is 2.30. The van der Waals surface area contributed by atoms with E-state index in [0.717, 1.165) is 41.2 Å². The standard InChI is InChI=1S/C15H21F3N2O3S/c1-4-11(2)19-14(21)9-10-20(24(3,22)23)13-7-5-12(6-8-13)15(16,17)18/h5-8,11H,4,9-10H2,1-3H3,(H,19,21). The van der Waals surface area contributed by atoms with Gasteiger partial charge in [-0.25, -0.2) is 8.42 Å². The van der Waals surface area contributed by atoms with Crippen LogP contribution in [-0.4, -0.2) is 33.2 Å². The van der Waals surface area contributed by atoms with Gasteiger partial charge in [0.25, 0.3) is 0 Å². The Kier molecular flexibility index (Phi) is 6.65. The molecule has 1 unspecified atom stereocenters. The molecule has 0 saturated heterocycles. The Balaban J connectivity index is 2.89. The molecular weight excluding hydrogens is 345 g/mol. The lowest BCUT2D eigenvalue weighted by atomic mass is 10.2. The van der Waals surface area contributed by atoms with Gasteiger partial charge in [0, 0.05) is 19.0 Å². The number of hydrogen-bond donors (Lipinski definition) is 1. The third-order valence-corrected chi connectivity index (χ3v) is 4.64. The summed E-state index contributed by atoms with van der Waals surface area (Å²) < 4.78 is 62.4. The first-order valence-electron chi connectivity index (χ1n) is 7.39. The largest absolute Gasteiger partial charge is 0.416 e. The van der Waals surface area contributed by atoms with E-state index in [0.29, 0.717) is 0 Å². The van der Waals surface area contributed by atoms with Crippen LogP contribution in [0.15, 0.2) is 24.3 Å². The van der Waals surface area contributed by atoms with E-state index in [-0.39, 0.29) is 30.6 Å². The molecule has 0 aliphatic heterocycles. The number of halogens is 3. The Morgan fingerprint density at radius 2 is 1.79 bits per heavy atom.